The van der Waals surface area contributed by atoms with E-state index < -0.39 is 0 Å². The van der Waals surface area contributed by atoms with Gasteiger partial charge in [0.1, 0.15) is 17.9 Å². The number of halogens is 1. The minimum absolute atomic E-state index is 0.143. The Morgan fingerprint density at radius 1 is 1.24 bits per heavy atom. The largest absolute Gasteiger partial charge is 0.451 e. The zero-order valence-corrected chi connectivity index (χ0v) is 15.0. The molecule has 1 aromatic carbocycles. The monoisotopic (exact) mass is 358 g/mol. The van der Waals surface area contributed by atoms with Crippen molar-refractivity contribution in [3.8, 4) is 11.3 Å². The minimum Gasteiger partial charge on any atom is -0.451 e. The number of amides is 1. The maximum atomic E-state index is 12.6. The van der Waals surface area contributed by atoms with Gasteiger partial charge in [0.2, 0.25) is 0 Å². The lowest BCUT2D eigenvalue weighted by atomic mass is 10.0. The van der Waals surface area contributed by atoms with Crippen LogP contribution in [0.4, 0.5) is 0 Å². The zero-order valence-electron chi connectivity index (χ0n) is 14.2. The number of aromatic nitrogens is 3. The Hall–Kier alpha value is -2.60. The molecule has 130 valence electrons. The lowest BCUT2D eigenvalue weighted by Gasteiger charge is -2.20. The zero-order chi connectivity index (χ0) is 18.0. The topological polar surface area (TPSA) is 73.0 Å². The lowest BCUT2D eigenvalue weighted by Crippen LogP contribution is -2.33. The SMILES string of the molecule is CC(C)C(NC(=O)c1ccc(-c2ccccc2Cl)o1)c1ncnn1C. The van der Waals surface area contributed by atoms with Crippen LogP contribution >= 0.6 is 11.6 Å². The molecule has 2 heterocycles. The van der Waals surface area contributed by atoms with Crippen molar-refractivity contribution in [2.24, 2.45) is 13.0 Å². The summed E-state index contributed by atoms with van der Waals surface area (Å²) in [5.41, 5.74) is 0.747. The van der Waals surface area contributed by atoms with E-state index in [1.165, 1.54) is 6.33 Å². The number of hydrogen-bond acceptors (Lipinski definition) is 4. The molecule has 1 N–H and O–H groups in total. The Bertz CT molecular complexity index is 885. The Labute approximate surface area is 150 Å². The molecule has 7 heteroatoms. The molecular weight excluding hydrogens is 340 g/mol. The first-order chi connectivity index (χ1) is 12.0. The molecule has 0 bridgehead atoms. The summed E-state index contributed by atoms with van der Waals surface area (Å²) in [5, 5.41) is 7.61. The van der Waals surface area contributed by atoms with E-state index >= 15 is 0 Å². The van der Waals surface area contributed by atoms with E-state index in [0.717, 1.165) is 5.56 Å². The van der Waals surface area contributed by atoms with Crippen molar-refractivity contribution in [3.63, 3.8) is 0 Å². The Morgan fingerprint density at radius 3 is 2.64 bits per heavy atom. The fourth-order valence-corrected chi connectivity index (χ4v) is 2.82. The van der Waals surface area contributed by atoms with Crippen LogP contribution < -0.4 is 5.32 Å². The molecular formula is C18H19ClN4O2. The molecule has 6 nitrogen and oxygen atoms in total. The first-order valence-electron chi connectivity index (χ1n) is 7.97. The van der Waals surface area contributed by atoms with Gasteiger partial charge in [-0.15, -0.1) is 0 Å². The van der Waals surface area contributed by atoms with Gasteiger partial charge in [-0.3, -0.25) is 9.48 Å². The van der Waals surface area contributed by atoms with Crippen molar-refractivity contribution >= 4 is 17.5 Å². The fourth-order valence-electron chi connectivity index (χ4n) is 2.59. The second kappa shape index (κ2) is 7.11. The number of rotatable bonds is 5. The molecule has 0 spiro atoms. The average molecular weight is 359 g/mol. The number of aryl methyl sites for hydroxylation is 1. The van der Waals surface area contributed by atoms with Gasteiger partial charge in [0.15, 0.2) is 5.76 Å². The smallest absolute Gasteiger partial charge is 0.287 e. The van der Waals surface area contributed by atoms with Crippen molar-refractivity contribution in [1.29, 1.82) is 0 Å². The molecule has 0 aliphatic rings. The molecule has 3 rings (SSSR count). The summed E-state index contributed by atoms with van der Waals surface area (Å²) in [6.45, 7) is 4.02. The van der Waals surface area contributed by atoms with Crippen LogP contribution in [0.3, 0.4) is 0 Å². The molecule has 2 aromatic heterocycles. The molecule has 0 aliphatic carbocycles. The van der Waals surface area contributed by atoms with Crippen LogP contribution in [-0.2, 0) is 7.05 Å². The minimum atomic E-state index is -0.306. The average Bonchev–Trinajstić information content (AvgIpc) is 3.22. The lowest BCUT2D eigenvalue weighted by molar-refractivity contribution is 0.0894. The number of carbonyl (C=O) groups is 1. The van der Waals surface area contributed by atoms with Crippen LogP contribution in [0, 0.1) is 5.92 Å². The summed E-state index contributed by atoms with van der Waals surface area (Å²) in [5.74, 6) is 1.31. The van der Waals surface area contributed by atoms with Crippen molar-refractivity contribution in [1.82, 2.24) is 20.1 Å². The van der Waals surface area contributed by atoms with E-state index in [4.69, 9.17) is 16.0 Å². The predicted molar refractivity (Wildman–Crippen MR) is 95.2 cm³/mol. The van der Waals surface area contributed by atoms with Crippen LogP contribution in [0.5, 0.6) is 0 Å². The number of hydrogen-bond donors (Lipinski definition) is 1. The summed E-state index contributed by atoms with van der Waals surface area (Å²) in [6, 6.07) is 10.4. The van der Waals surface area contributed by atoms with E-state index in [1.807, 2.05) is 32.0 Å². The predicted octanol–water partition coefficient (Wildman–Crippen LogP) is 3.86. The molecule has 0 aliphatic heterocycles. The summed E-state index contributed by atoms with van der Waals surface area (Å²) < 4.78 is 7.36. The van der Waals surface area contributed by atoms with E-state index in [2.05, 4.69) is 15.4 Å². The van der Waals surface area contributed by atoms with Crippen LogP contribution in [0.15, 0.2) is 47.1 Å². The first kappa shape index (κ1) is 17.2. The van der Waals surface area contributed by atoms with Gasteiger partial charge in [0, 0.05) is 12.6 Å². The standard InChI is InChI=1S/C18H19ClN4O2/c1-11(2)16(17-20-10-21-23(17)3)22-18(24)15-9-8-14(25-15)12-6-4-5-7-13(12)19/h4-11,16H,1-3H3,(H,22,24). The van der Waals surface area contributed by atoms with Gasteiger partial charge in [-0.25, -0.2) is 4.98 Å². The maximum Gasteiger partial charge on any atom is 0.287 e. The van der Waals surface area contributed by atoms with E-state index in [0.29, 0.717) is 16.6 Å². The Balaban J connectivity index is 1.82. The molecule has 0 fully saturated rings. The van der Waals surface area contributed by atoms with E-state index in [-0.39, 0.29) is 23.6 Å². The molecule has 1 atom stereocenters. The van der Waals surface area contributed by atoms with Gasteiger partial charge in [-0.2, -0.15) is 5.10 Å². The highest BCUT2D eigenvalue weighted by Gasteiger charge is 2.24. The van der Waals surface area contributed by atoms with Crippen LogP contribution in [0.1, 0.15) is 36.3 Å². The molecule has 0 saturated heterocycles. The third-order valence-electron chi connectivity index (χ3n) is 3.95. The number of furan rings is 1. The van der Waals surface area contributed by atoms with Crippen LogP contribution in [0.25, 0.3) is 11.3 Å². The highest BCUT2D eigenvalue weighted by atomic mass is 35.5. The normalized spacial score (nSPS) is 12.4. The number of benzene rings is 1. The van der Waals surface area contributed by atoms with Crippen molar-refractivity contribution in [3.05, 3.63) is 59.3 Å². The molecule has 1 amide bonds. The fraction of sp³-hybridized carbons (Fsp3) is 0.278. The van der Waals surface area contributed by atoms with Gasteiger partial charge in [-0.1, -0.05) is 37.6 Å². The maximum absolute atomic E-state index is 12.6. The van der Waals surface area contributed by atoms with E-state index in [1.54, 1.807) is 29.9 Å². The summed E-state index contributed by atoms with van der Waals surface area (Å²) in [7, 11) is 1.80. The van der Waals surface area contributed by atoms with Gasteiger partial charge in [-0.05, 0) is 30.2 Å². The van der Waals surface area contributed by atoms with Crippen LogP contribution in [-0.4, -0.2) is 20.7 Å². The third-order valence-corrected chi connectivity index (χ3v) is 4.28. The van der Waals surface area contributed by atoms with Crippen molar-refractivity contribution in [2.45, 2.75) is 19.9 Å². The van der Waals surface area contributed by atoms with E-state index in [9.17, 15) is 4.79 Å². The quantitative estimate of drug-likeness (QED) is 0.751. The Morgan fingerprint density at radius 2 is 2.00 bits per heavy atom. The highest BCUT2D eigenvalue weighted by molar-refractivity contribution is 6.33. The van der Waals surface area contributed by atoms with Gasteiger partial charge >= 0.3 is 0 Å². The molecule has 25 heavy (non-hydrogen) atoms. The molecule has 0 radical (unpaired) electrons. The highest BCUT2D eigenvalue weighted by Crippen LogP contribution is 2.29. The number of nitrogens with zero attached hydrogens (tertiary/aromatic N) is 3. The molecule has 0 saturated carbocycles. The second-order valence-corrected chi connectivity index (χ2v) is 6.49. The molecule has 1 unspecified atom stereocenters. The molecule has 3 aromatic rings. The third kappa shape index (κ3) is 3.58. The van der Waals surface area contributed by atoms with Crippen molar-refractivity contribution < 1.29 is 9.21 Å². The summed E-state index contributed by atoms with van der Waals surface area (Å²) >= 11 is 6.18. The first-order valence-corrected chi connectivity index (χ1v) is 8.34. The van der Waals surface area contributed by atoms with Crippen LogP contribution in [0.2, 0.25) is 5.02 Å². The summed E-state index contributed by atoms with van der Waals surface area (Å²) in [4.78, 5) is 16.8. The van der Waals surface area contributed by atoms with Gasteiger partial charge in [0.25, 0.3) is 5.91 Å². The second-order valence-electron chi connectivity index (χ2n) is 6.08. The Kier molecular flexibility index (Phi) is 4.90. The van der Waals surface area contributed by atoms with Crippen molar-refractivity contribution in [2.75, 3.05) is 0 Å². The number of nitrogens with one attached hydrogen (secondary N) is 1. The van der Waals surface area contributed by atoms with Gasteiger partial charge < -0.3 is 9.73 Å². The van der Waals surface area contributed by atoms with Gasteiger partial charge in [0.05, 0.1) is 11.1 Å². The summed E-state index contributed by atoms with van der Waals surface area (Å²) in [6.07, 6.45) is 1.47. The number of carbonyl (C=O) groups excluding carboxylic acids is 1.